The molecule has 0 atom stereocenters. The van der Waals surface area contributed by atoms with E-state index in [1.54, 1.807) is 7.11 Å². The van der Waals surface area contributed by atoms with E-state index in [9.17, 15) is 0 Å². The molecule has 2 heteroatoms. The second-order valence-corrected chi connectivity index (χ2v) is 4.21. The molecule has 1 fully saturated rings. The molecule has 76 valence electrons. The minimum absolute atomic E-state index is 0.167. The Morgan fingerprint density at radius 2 is 1.93 bits per heavy atom. The third-order valence-corrected chi connectivity index (χ3v) is 2.96. The Labute approximate surface area is 85.1 Å². The van der Waals surface area contributed by atoms with Gasteiger partial charge in [-0.1, -0.05) is 12.1 Å². The molecule has 0 heterocycles. The lowest BCUT2D eigenvalue weighted by Crippen LogP contribution is -2.21. The van der Waals surface area contributed by atoms with Crippen molar-refractivity contribution in [3.8, 4) is 5.75 Å². The van der Waals surface area contributed by atoms with E-state index in [0.29, 0.717) is 0 Å². The number of hydrogen-bond acceptors (Lipinski definition) is 2. The molecule has 1 aliphatic carbocycles. The zero-order valence-corrected chi connectivity index (χ0v) is 8.62. The molecule has 14 heavy (non-hydrogen) atoms. The van der Waals surface area contributed by atoms with E-state index in [2.05, 4.69) is 12.1 Å². The maximum absolute atomic E-state index is 6.03. The van der Waals surface area contributed by atoms with Crippen molar-refractivity contribution >= 4 is 0 Å². The Kier molecular flexibility index (Phi) is 2.46. The Hall–Kier alpha value is -1.02. The van der Waals surface area contributed by atoms with Gasteiger partial charge in [0.1, 0.15) is 5.75 Å². The molecule has 1 aliphatic rings. The SMILES string of the molecule is COc1ccc(CCC2(N)CC2)cc1. The van der Waals surface area contributed by atoms with E-state index >= 15 is 0 Å². The highest BCUT2D eigenvalue weighted by atomic mass is 16.5. The average molecular weight is 191 g/mol. The smallest absolute Gasteiger partial charge is 0.118 e. The van der Waals surface area contributed by atoms with Crippen LogP contribution in [0, 0.1) is 0 Å². The van der Waals surface area contributed by atoms with Gasteiger partial charge in [-0.3, -0.25) is 0 Å². The number of hydrogen-bond donors (Lipinski definition) is 1. The molecule has 0 aromatic heterocycles. The maximum Gasteiger partial charge on any atom is 0.118 e. The molecule has 0 amide bonds. The average Bonchev–Trinajstić information content (AvgIpc) is 2.95. The number of methoxy groups -OCH3 is 1. The van der Waals surface area contributed by atoms with Crippen LogP contribution in [0.1, 0.15) is 24.8 Å². The van der Waals surface area contributed by atoms with Crippen LogP contribution in [0.2, 0.25) is 0 Å². The van der Waals surface area contributed by atoms with Crippen LogP contribution in [0.5, 0.6) is 5.75 Å². The molecule has 0 spiro atoms. The fraction of sp³-hybridized carbons (Fsp3) is 0.500. The summed E-state index contributed by atoms with van der Waals surface area (Å²) in [6, 6.07) is 8.24. The molecule has 1 aromatic rings. The van der Waals surface area contributed by atoms with Crippen LogP contribution < -0.4 is 10.5 Å². The lowest BCUT2D eigenvalue weighted by atomic mass is 10.0. The normalized spacial score (nSPS) is 17.9. The number of benzene rings is 1. The zero-order valence-electron chi connectivity index (χ0n) is 8.62. The summed E-state index contributed by atoms with van der Waals surface area (Å²) in [5.41, 5.74) is 7.54. The van der Waals surface area contributed by atoms with Crippen molar-refractivity contribution in [3.63, 3.8) is 0 Å². The van der Waals surface area contributed by atoms with Crippen LogP contribution >= 0.6 is 0 Å². The van der Waals surface area contributed by atoms with Crippen LogP contribution in [-0.2, 0) is 6.42 Å². The van der Waals surface area contributed by atoms with Crippen molar-refractivity contribution in [2.45, 2.75) is 31.2 Å². The van der Waals surface area contributed by atoms with E-state index in [1.807, 2.05) is 12.1 Å². The molecule has 1 aromatic carbocycles. The molecule has 0 bridgehead atoms. The monoisotopic (exact) mass is 191 g/mol. The summed E-state index contributed by atoms with van der Waals surface area (Å²) < 4.78 is 5.10. The molecule has 2 rings (SSSR count). The van der Waals surface area contributed by atoms with E-state index < -0.39 is 0 Å². The van der Waals surface area contributed by atoms with E-state index in [-0.39, 0.29) is 5.54 Å². The second kappa shape index (κ2) is 3.62. The van der Waals surface area contributed by atoms with E-state index in [0.717, 1.165) is 18.6 Å². The van der Waals surface area contributed by atoms with Crippen LogP contribution in [-0.4, -0.2) is 12.6 Å². The first-order valence-electron chi connectivity index (χ1n) is 5.14. The van der Waals surface area contributed by atoms with Gasteiger partial charge in [-0.25, -0.2) is 0 Å². The topological polar surface area (TPSA) is 35.2 Å². The van der Waals surface area contributed by atoms with Gasteiger partial charge in [0.2, 0.25) is 0 Å². The Morgan fingerprint density at radius 1 is 1.29 bits per heavy atom. The fourth-order valence-electron chi connectivity index (χ4n) is 1.60. The van der Waals surface area contributed by atoms with Gasteiger partial charge >= 0.3 is 0 Å². The van der Waals surface area contributed by atoms with Crippen LogP contribution in [0.4, 0.5) is 0 Å². The summed E-state index contributed by atoms with van der Waals surface area (Å²) in [4.78, 5) is 0. The van der Waals surface area contributed by atoms with Crippen LogP contribution in [0.15, 0.2) is 24.3 Å². The van der Waals surface area contributed by atoms with Gasteiger partial charge in [0.25, 0.3) is 0 Å². The predicted molar refractivity (Wildman–Crippen MR) is 57.5 cm³/mol. The molecule has 0 unspecified atom stereocenters. The lowest BCUT2D eigenvalue weighted by molar-refractivity contribution is 0.414. The van der Waals surface area contributed by atoms with E-state index in [4.69, 9.17) is 10.5 Å². The third-order valence-electron chi connectivity index (χ3n) is 2.96. The molecule has 2 N–H and O–H groups in total. The van der Waals surface area contributed by atoms with Crippen molar-refractivity contribution < 1.29 is 4.74 Å². The number of aryl methyl sites for hydroxylation is 1. The summed E-state index contributed by atoms with van der Waals surface area (Å²) in [6.45, 7) is 0. The minimum Gasteiger partial charge on any atom is -0.497 e. The molecular formula is C12H17NO. The predicted octanol–water partition coefficient (Wildman–Crippen LogP) is 2.12. The van der Waals surface area contributed by atoms with Gasteiger partial charge < -0.3 is 10.5 Å². The van der Waals surface area contributed by atoms with Crippen molar-refractivity contribution in [1.82, 2.24) is 0 Å². The summed E-state index contributed by atoms with van der Waals surface area (Å²) >= 11 is 0. The highest BCUT2D eigenvalue weighted by Crippen LogP contribution is 2.36. The first-order chi connectivity index (χ1) is 6.72. The Morgan fingerprint density at radius 3 is 2.43 bits per heavy atom. The van der Waals surface area contributed by atoms with Gasteiger partial charge in [-0.05, 0) is 43.4 Å². The zero-order chi connectivity index (χ0) is 10.0. The molecular weight excluding hydrogens is 174 g/mol. The Bertz CT molecular complexity index is 301. The summed E-state index contributed by atoms with van der Waals surface area (Å²) in [5, 5.41) is 0. The quantitative estimate of drug-likeness (QED) is 0.791. The molecule has 0 saturated heterocycles. The first kappa shape index (κ1) is 9.53. The first-order valence-corrected chi connectivity index (χ1v) is 5.14. The molecule has 0 aliphatic heterocycles. The molecule has 2 nitrogen and oxygen atoms in total. The number of ether oxygens (including phenoxy) is 1. The Balaban J connectivity index is 1.89. The van der Waals surface area contributed by atoms with Crippen LogP contribution in [0.25, 0.3) is 0 Å². The second-order valence-electron chi connectivity index (χ2n) is 4.21. The van der Waals surface area contributed by atoms with Crippen molar-refractivity contribution in [1.29, 1.82) is 0 Å². The largest absolute Gasteiger partial charge is 0.497 e. The van der Waals surface area contributed by atoms with Gasteiger partial charge in [0.15, 0.2) is 0 Å². The molecule has 0 radical (unpaired) electrons. The maximum atomic E-state index is 6.03. The summed E-state index contributed by atoms with van der Waals surface area (Å²) in [6.07, 6.45) is 4.59. The molecule has 1 saturated carbocycles. The summed E-state index contributed by atoms with van der Waals surface area (Å²) in [7, 11) is 1.69. The van der Waals surface area contributed by atoms with Crippen molar-refractivity contribution in [2.24, 2.45) is 5.73 Å². The summed E-state index contributed by atoms with van der Waals surface area (Å²) in [5.74, 6) is 0.919. The third kappa shape index (κ3) is 2.26. The standard InChI is InChI=1S/C12H17NO/c1-14-11-4-2-10(3-5-11)6-7-12(13)8-9-12/h2-5H,6-9,13H2,1H3. The fourth-order valence-corrected chi connectivity index (χ4v) is 1.60. The van der Waals surface area contributed by atoms with Gasteiger partial charge in [-0.2, -0.15) is 0 Å². The highest BCUT2D eigenvalue weighted by Gasteiger charge is 2.37. The van der Waals surface area contributed by atoms with Crippen molar-refractivity contribution in [3.05, 3.63) is 29.8 Å². The lowest BCUT2D eigenvalue weighted by Gasteiger charge is -2.08. The van der Waals surface area contributed by atoms with E-state index in [1.165, 1.54) is 18.4 Å². The van der Waals surface area contributed by atoms with Crippen molar-refractivity contribution in [2.75, 3.05) is 7.11 Å². The van der Waals surface area contributed by atoms with Gasteiger partial charge in [0, 0.05) is 5.54 Å². The van der Waals surface area contributed by atoms with Gasteiger partial charge in [-0.15, -0.1) is 0 Å². The minimum atomic E-state index is 0.167. The van der Waals surface area contributed by atoms with Crippen LogP contribution in [0.3, 0.4) is 0 Å². The highest BCUT2D eigenvalue weighted by molar-refractivity contribution is 5.27. The number of nitrogens with two attached hydrogens (primary N) is 1. The number of rotatable bonds is 4. The van der Waals surface area contributed by atoms with Gasteiger partial charge in [0.05, 0.1) is 7.11 Å².